The van der Waals surface area contributed by atoms with E-state index in [-0.39, 0.29) is 0 Å². The van der Waals surface area contributed by atoms with E-state index < -0.39 is 0 Å². The van der Waals surface area contributed by atoms with Gasteiger partial charge in [-0.1, -0.05) is 83.9 Å². The molecule has 1 aromatic heterocycles. The van der Waals surface area contributed by atoms with Crippen molar-refractivity contribution < 1.29 is 0 Å². The average molecular weight is 524 g/mol. The minimum Gasteiger partial charge on any atom is -0.309 e. The molecule has 0 atom stereocenters. The summed E-state index contributed by atoms with van der Waals surface area (Å²) in [6.07, 6.45) is 0. The minimum absolute atomic E-state index is 0.564. The Morgan fingerprint density at radius 1 is 0.512 bits per heavy atom. The molecule has 3 nitrogen and oxygen atoms in total. The van der Waals surface area contributed by atoms with Crippen LogP contribution in [0.15, 0.2) is 115 Å². The number of rotatable bonds is 3. The van der Waals surface area contributed by atoms with Gasteiger partial charge in [0.15, 0.2) is 0 Å². The van der Waals surface area contributed by atoms with Gasteiger partial charge in [-0.15, -0.1) is 0 Å². The summed E-state index contributed by atoms with van der Waals surface area (Å²) in [5.74, 6) is 0. The second-order valence-corrected chi connectivity index (χ2v) is 10.6. The summed E-state index contributed by atoms with van der Waals surface area (Å²) in [7, 11) is 0. The van der Waals surface area contributed by atoms with Crippen LogP contribution in [0.4, 0.5) is 0 Å². The van der Waals surface area contributed by atoms with Crippen LogP contribution in [0.3, 0.4) is 0 Å². The summed E-state index contributed by atoms with van der Waals surface area (Å²) in [5.41, 5.74) is 10.8. The predicted molar refractivity (Wildman–Crippen MR) is 168 cm³/mol. The summed E-state index contributed by atoms with van der Waals surface area (Å²) in [5, 5.41) is 24.3. The maximum atomic E-state index is 10.3. The first kappa shape index (κ1) is 24.4. The van der Waals surface area contributed by atoms with E-state index in [1.807, 2.05) is 48.5 Å². The lowest BCUT2D eigenvalue weighted by Gasteiger charge is -2.15. The molecule has 0 amide bonds. The Hall–Kier alpha value is -5.64. The second kappa shape index (κ2) is 9.53. The van der Waals surface area contributed by atoms with Gasteiger partial charge in [0, 0.05) is 32.8 Å². The van der Waals surface area contributed by atoms with E-state index in [4.69, 9.17) is 0 Å². The topological polar surface area (TPSA) is 52.5 Å². The van der Waals surface area contributed by atoms with Gasteiger partial charge < -0.3 is 4.57 Å². The highest BCUT2D eigenvalue weighted by Gasteiger charge is 2.18. The third kappa shape index (κ3) is 3.88. The van der Waals surface area contributed by atoms with Crippen molar-refractivity contribution in [2.75, 3.05) is 0 Å². The lowest BCUT2D eigenvalue weighted by molar-refractivity contribution is 1.18. The van der Waals surface area contributed by atoms with Crippen molar-refractivity contribution in [1.82, 2.24) is 4.57 Å². The fourth-order valence-corrected chi connectivity index (χ4v) is 6.11. The first-order valence-electron chi connectivity index (χ1n) is 13.6. The molecular weight excluding hydrogens is 498 g/mol. The van der Waals surface area contributed by atoms with Crippen molar-refractivity contribution in [3.63, 3.8) is 0 Å². The number of fused-ring (bicyclic) bond motifs is 4. The van der Waals surface area contributed by atoms with Crippen molar-refractivity contribution in [2.45, 2.75) is 13.8 Å². The smallest absolute Gasteiger partial charge is 0.100 e. The van der Waals surface area contributed by atoms with Gasteiger partial charge in [-0.3, -0.25) is 0 Å². The van der Waals surface area contributed by atoms with E-state index in [0.717, 1.165) is 38.7 Å². The Bertz CT molecular complexity index is 2190. The zero-order valence-corrected chi connectivity index (χ0v) is 22.8. The second-order valence-electron chi connectivity index (χ2n) is 10.6. The molecule has 0 unspecified atom stereocenters. The van der Waals surface area contributed by atoms with Crippen molar-refractivity contribution in [3.05, 3.63) is 138 Å². The van der Waals surface area contributed by atoms with Crippen LogP contribution in [0.25, 0.3) is 60.5 Å². The van der Waals surface area contributed by atoms with Crippen LogP contribution in [0.1, 0.15) is 22.3 Å². The molecule has 0 bridgehead atoms. The third-order valence-electron chi connectivity index (χ3n) is 7.99. The first-order valence-corrected chi connectivity index (χ1v) is 13.6. The maximum Gasteiger partial charge on any atom is 0.100 e. The molecule has 0 saturated carbocycles. The van der Waals surface area contributed by atoms with E-state index >= 15 is 0 Å². The molecule has 7 rings (SSSR count). The number of aromatic nitrogens is 1. The number of benzene rings is 6. The number of hydrogen-bond acceptors (Lipinski definition) is 2. The fraction of sp³-hybridized carbons (Fsp3) is 0.0526. The van der Waals surface area contributed by atoms with Gasteiger partial charge in [0.1, 0.15) is 6.07 Å². The highest BCUT2D eigenvalue weighted by Crippen LogP contribution is 2.39. The third-order valence-corrected chi connectivity index (χ3v) is 7.99. The van der Waals surface area contributed by atoms with E-state index in [2.05, 4.69) is 97.3 Å². The molecule has 6 aromatic carbocycles. The van der Waals surface area contributed by atoms with Crippen LogP contribution < -0.4 is 0 Å². The molecule has 0 fully saturated rings. The predicted octanol–water partition coefficient (Wildman–Crippen LogP) is 9.63. The number of aryl methyl sites for hydroxylation is 2. The Kier molecular flexibility index (Phi) is 5.67. The first-order chi connectivity index (χ1) is 20.1. The fourth-order valence-electron chi connectivity index (χ4n) is 6.11. The normalized spacial score (nSPS) is 11.1. The van der Waals surface area contributed by atoms with Gasteiger partial charge in [0.2, 0.25) is 0 Å². The quantitative estimate of drug-likeness (QED) is 0.231. The van der Waals surface area contributed by atoms with Crippen LogP contribution in [0, 0.1) is 36.5 Å². The maximum absolute atomic E-state index is 10.3. The standard InChI is InChI=1S/C38H25N3/c1-24-14-16-37-34(18-24)35-19-25(2)15-17-38(35)41(37)28-9-7-8-26(20-28)29-10-3-5-12-31(29)33-21-27(22-39)30-11-4-6-13-32(30)36(33)23-40/h3-21H,1-2H3. The molecule has 0 aliphatic carbocycles. The van der Waals surface area contributed by atoms with Crippen LogP contribution in [0.5, 0.6) is 0 Å². The summed E-state index contributed by atoms with van der Waals surface area (Å²) < 4.78 is 2.33. The van der Waals surface area contributed by atoms with Crippen molar-refractivity contribution in [3.8, 4) is 40.1 Å². The van der Waals surface area contributed by atoms with Crippen LogP contribution >= 0.6 is 0 Å². The van der Waals surface area contributed by atoms with Gasteiger partial charge in [-0.25, -0.2) is 0 Å². The van der Waals surface area contributed by atoms with Gasteiger partial charge >= 0.3 is 0 Å². The molecule has 0 aliphatic rings. The van der Waals surface area contributed by atoms with E-state index in [9.17, 15) is 10.5 Å². The molecule has 1 heterocycles. The average Bonchev–Trinajstić information content (AvgIpc) is 3.32. The summed E-state index contributed by atoms with van der Waals surface area (Å²) in [6.45, 7) is 4.27. The van der Waals surface area contributed by atoms with Crippen LogP contribution in [0.2, 0.25) is 0 Å². The van der Waals surface area contributed by atoms with Crippen molar-refractivity contribution >= 4 is 32.6 Å². The minimum atomic E-state index is 0.564. The highest BCUT2D eigenvalue weighted by molar-refractivity contribution is 6.10. The summed E-state index contributed by atoms with van der Waals surface area (Å²) in [4.78, 5) is 0. The number of nitrogens with zero attached hydrogens (tertiary/aromatic N) is 3. The Morgan fingerprint density at radius 3 is 1.80 bits per heavy atom. The largest absolute Gasteiger partial charge is 0.309 e. The zero-order chi connectivity index (χ0) is 28.1. The van der Waals surface area contributed by atoms with E-state index in [1.54, 1.807) is 0 Å². The van der Waals surface area contributed by atoms with Crippen LogP contribution in [-0.2, 0) is 0 Å². The highest BCUT2D eigenvalue weighted by atomic mass is 15.0. The van der Waals surface area contributed by atoms with Crippen molar-refractivity contribution in [2.24, 2.45) is 0 Å². The van der Waals surface area contributed by atoms with Gasteiger partial charge in [0.25, 0.3) is 0 Å². The molecule has 3 heteroatoms. The molecule has 7 aromatic rings. The summed E-state index contributed by atoms with van der Waals surface area (Å²) in [6, 6.07) is 44.3. The Labute approximate surface area is 238 Å². The molecule has 0 spiro atoms. The lowest BCUT2D eigenvalue weighted by atomic mass is 9.88. The molecule has 0 saturated heterocycles. The molecule has 192 valence electrons. The van der Waals surface area contributed by atoms with Crippen LogP contribution in [-0.4, -0.2) is 4.57 Å². The Balaban J connectivity index is 1.47. The van der Waals surface area contributed by atoms with Gasteiger partial charge in [-0.05, 0) is 73.0 Å². The van der Waals surface area contributed by atoms with Gasteiger partial charge in [0.05, 0.1) is 28.2 Å². The van der Waals surface area contributed by atoms with E-state index in [0.29, 0.717) is 11.1 Å². The molecule has 0 radical (unpaired) electrons. The molecule has 41 heavy (non-hydrogen) atoms. The molecule has 0 N–H and O–H groups in total. The summed E-state index contributed by atoms with van der Waals surface area (Å²) >= 11 is 0. The molecule has 0 aliphatic heterocycles. The van der Waals surface area contributed by atoms with Gasteiger partial charge in [-0.2, -0.15) is 10.5 Å². The monoisotopic (exact) mass is 523 g/mol. The number of hydrogen-bond donors (Lipinski definition) is 0. The molecular formula is C38H25N3. The van der Waals surface area contributed by atoms with E-state index in [1.165, 1.54) is 32.9 Å². The Morgan fingerprint density at radius 2 is 1.15 bits per heavy atom. The zero-order valence-electron chi connectivity index (χ0n) is 22.8. The SMILES string of the molecule is Cc1ccc2c(c1)c1cc(C)ccc1n2-c1cccc(-c2ccccc2-c2cc(C#N)c3ccccc3c2C#N)c1. The lowest BCUT2D eigenvalue weighted by Crippen LogP contribution is -1.96. The number of nitriles is 2. The van der Waals surface area contributed by atoms with Crippen molar-refractivity contribution in [1.29, 1.82) is 10.5 Å².